The topological polar surface area (TPSA) is 66.5 Å². The average molecular weight is 461 g/mol. The molecule has 2 amide bonds. The zero-order valence-corrected chi connectivity index (χ0v) is 19.3. The highest BCUT2D eigenvalue weighted by Crippen LogP contribution is 2.28. The van der Waals surface area contributed by atoms with Gasteiger partial charge < -0.3 is 10.2 Å². The molecule has 0 radical (unpaired) electrons. The summed E-state index contributed by atoms with van der Waals surface area (Å²) in [5.74, 6) is 0.438. The summed E-state index contributed by atoms with van der Waals surface area (Å²) in [6, 6.07) is 17.4. The quantitative estimate of drug-likeness (QED) is 0.403. The van der Waals surface area contributed by atoms with E-state index in [1.807, 2.05) is 48.5 Å². The molecule has 3 unspecified atom stereocenters. The first-order chi connectivity index (χ1) is 15.0. The number of likely N-dealkylation sites (tertiary alicyclic amines) is 1. The summed E-state index contributed by atoms with van der Waals surface area (Å²) < 4.78 is 12.6. The van der Waals surface area contributed by atoms with Gasteiger partial charge in [-0.05, 0) is 36.0 Å². The third-order valence-electron chi connectivity index (χ3n) is 5.61. The van der Waals surface area contributed by atoms with Gasteiger partial charge in [-0.15, -0.1) is 0 Å². The van der Waals surface area contributed by atoms with Gasteiger partial charge in [-0.2, -0.15) is 0 Å². The maximum atomic E-state index is 12.6. The molecular formula is C24H29ClN2O3S. The molecule has 1 aliphatic heterocycles. The lowest BCUT2D eigenvalue weighted by Gasteiger charge is -2.39. The highest BCUT2D eigenvalue weighted by Gasteiger charge is 2.41. The zero-order chi connectivity index (χ0) is 22.2. The molecule has 1 saturated heterocycles. The van der Waals surface area contributed by atoms with E-state index in [4.69, 9.17) is 11.6 Å². The van der Waals surface area contributed by atoms with Crippen LogP contribution in [0.4, 0.5) is 0 Å². The summed E-state index contributed by atoms with van der Waals surface area (Å²) in [7, 11) is -1.22. The van der Waals surface area contributed by atoms with Crippen LogP contribution in [0.15, 0.2) is 54.6 Å². The molecule has 0 bridgehead atoms. The molecule has 1 heterocycles. The summed E-state index contributed by atoms with van der Waals surface area (Å²) >= 11 is 6.25. The van der Waals surface area contributed by atoms with E-state index in [1.54, 1.807) is 0 Å². The lowest BCUT2D eigenvalue weighted by atomic mass is 9.95. The van der Waals surface area contributed by atoms with E-state index in [-0.39, 0.29) is 30.2 Å². The fraction of sp³-hybridized carbons (Fsp3) is 0.417. The summed E-state index contributed by atoms with van der Waals surface area (Å²) in [5.41, 5.74) is 2.12. The smallest absolute Gasteiger partial charge is 0.239 e. The van der Waals surface area contributed by atoms with E-state index < -0.39 is 10.8 Å². The van der Waals surface area contributed by atoms with Crippen LogP contribution < -0.4 is 5.32 Å². The summed E-state index contributed by atoms with van der Waals surface area (Å²) in [5, 5.41) is 3.29. The van der Waals surface area contributed by atoms with Crippen LogP contribution in [0.2, 0.25) is 5.02 Å². The van der Waals surface area contributed by atoms with Crippen LogP contribution in [0.5, 0.6) is 0 Å². The standard InChI is InChI=1S/C24H29ClN2O3S/c1-18(20-12-5-6-13-21(20)25)9-7-8-14-26-22(28)16-27-23(29)15-24(27)31(30)17-19-10-3-2-4-11-19/h2-6,10-13,18,24H,7-9,14-17H2,1H3,(H,26,28). The number of benzene rings is 2. The minimum Gasteiger partial charge on any atom is -0.355 e. The van der Waals surface area contributed by atoms with Crippen LogP contribution >= 0.6 is 11.6 Å². The molecule has 1 fully saturated rings. The molecule has 3 atom stereocenters. The maximum Gasteiger partial charge on any atom is 0.239 e. The van der Waals surface area contributed by atoms with E-state index in [1.165, 1.54) is 4.90 Å². The normalized spacial score (nSPS) is 17.7. The first-order valence-corrected chi connectivity index (χ1v) is 12.4. The van der Waals surface area contributed by atoms with Crippen molar-refractivity contribution >= 4 is 34.2 Å². The predicted molar refractivity (Wildman–Crippen MR) is 125 cm³/mol. The van der Waals surface area contributed by atoms with E-state index in [2.05, 4.69) is 18.3 Å². The number of nitrogens with one attached hydrogen (secondary N) is 1. The van der Waals surface area contributed by atoms with Gasteiger partial charge in [0.15, 0.2) is 0 Å². The second-order valence-corrected chi connectivity index (χ2v) is 9.96. The SMILES string of the molecule is CC(CCCCNC(=O)CN1C(=O)CC1S(=O)Cc1ccccc1)c1ccccc1Cl. The number of β-lactam (4-membered cyclic amide) rings is 1. The van der Waals surface area contributed by atoms with Crippen molar-refractivity contribution in [2.45, 2.75) is 49.7 Å². The summed E-state index contributed by atoms with van der Waals surface area (Å²) in [4.78, 5) is 25.6. The number of rotatable bonds is 11. The number of amides is 2. The van der Waals surface area contributed by atoms with Crippen LogP contribution in [0.25, 0.3) is 0 Å². The lowest BCUT2D eigenvalue weighted by molar-refractivity contribution is -0.145. The van der Waals surface area contributed by atoms with Crippen molar-refractivity contribution in [1.29, 1.82) is 0 Å². The van der Waals surface area contributed by atoms with Gasteiger partial charge in [-0.1, -0.05) is 73.5 Å². The molecule has 2 aromatic carbocycles. The van der Waals surface area contributed by atoms with Gasteiger partial charge in [0.05, 0.1) is 12.2 Å². The van der Waals surface area contributed by atoms with Gasteiger partial charge in [0.25, 0.3) is 0 Å². The molecule has 5 nitrogen and oxygen atoms in total. The maximum absolute atomic E-state index is 12.6. The number of halogens is 1. The van der Waals surface area contributed by atoms with Crippen LogP contribution in [-0.4, -0.2) is 39.4 Å². The first-order valence-electron chi connectivity index (χ1n) is 10.7. The molecule has 0 spiro atoms. The molecule has 3 rings (SSSR count). The lowest BCUT2D eigenvalue weighted by Crippen LogP contribution is -2.57. The Morgan fingerprint density at radius 1 is 1.16 bits per heavy atom. The van der Waals surface area contributed by atoms with Crippen molar-refractivity contribution in [3.8, 4) is 0 Å². The Morgan fingerprint density at radius 2 is 1.87 bits per heavy atom. The summed E-state index contributed by atoms with van der Waals surface area (Å²) in [6.07, 6.45) is 3.06. The molecular weight excluding hydrogens is 432 g/mol. The Hall–Kier alpha value is -2.18. The fourth-order valence-corrected chi connectivity index (χ4v) is 5.57. The van der Waals surface area contributed by atoms with Crippen molar-refractivity contribution in [3.05, 3.63) is 70.7 Å². The molecule has 0 saturated carbocycles. The zero-order valence-electron chi connectivity index (χ0n) is 17.8. The monoisotopic (exact) mass is 460 g/mol. The van der Waals surface area contributed by atoms with Gasteiger partial charge in [-0.25, -0.2) is 0 Å². The largest absolute Gasteiger partial charge is 0.355 e. The number of carbonyl (C=O) groups excluding carboxylic acids is 2. The van der Waals surface area contributed by atoms with Gasteiger partial charge >= 0.3 is 0 Å². The number of nitrogens with zero attached hydrogens (tertiary/aromatic N) is 1. The molecule has 31 heavy (non-hydrogen) atoms. The van der Waals surface area contributed by atoms with Gasteiger partial charge in [-0.3, -0.25) is 13.8 Å². The van der Waals surface area contributed by atoms with Crippen LogP contribution in [0.3, 0.4) is 0 Å². The Bertz CT molecular complexity index is 922. The van der Waals surface area contributed by atoms with E-state index >= 15 is 0 Å². The third-order valence-corrected chi connectivity index (χ3v) is 7.60. The number of hydrogen-bond donors (Lipinski definition) is 1. The molecule has 0 aromatic heterocycles. The number of unbranched alkanes of at least 4 members (excludes halogenated alkanes) is 1. The van der Waals surface area contributed by atoms with Crippen molar-refractivity contribution < 1.29 is 13.8 Å². The van der Waals surface area contributed by atoms with Crippen molar-refractivity contribution in [1.82, 2.24) is 10.2 Å². The van der Waals surface area contributed by atoms with Crippen LogP contribution in [-0.2, 0) is 26.1 Å². The van der Waals surface area contributed by atoms with E-state index in [0.29, 0.717) is 18.2 Å². The fourth-order valence-electron chi connectivity index (χ4n) is 3.73. The highest BCUT2D eigenvalue weighted by molar-refractivity contribution is 7.85. The molecule has 1 N–H and O–H groups in total. The minimum atomic E-state index is -1.22. The van der Waals surface area contributed by atoms with Gasteiger partial charge in [0.2, 0.25) is 11.8 Å². The Balaban J connectivity index is 1.35. The second-order valence-electron chi connectivity index (χ2n) is 7.96. The van der Waals surface area contributed by atoms with E-state index in [9.17, 15) is 13.8 Å². The Labute approximate surface area is 191 Å². The van der Waals surface area contributed by atoms with Crippen LogP contribution in [0.1, 0.15) is 49.7 Å². The molecule has 7 heteroatoms. The minimum absolute atomic E-state index is 0.0277. The van der Waals surface area contributed by atoms with Gasteiger partial charge in [0, 0.05) is 22.4 Å². The van der Waals surface area contributed by atoms with Crippen molar-refractivity contribution in [2.75, 3.05) is 13.1 Å². The molecule has 166 valence electrons. The second kappa shape index (κ2) is 11.4. The highest BCUT2D eigenvalue weighted by atomic mass is 35.5. The molecule has 2 aromatic rings. The average Bonchev–Trinajstić information content (AvgIpc) is 2.76. The van der Waals surface area contributed by atoms with Crippen molar-refractivity contribution in [2.24, 2.45) is 0 Å². The third kappa shape index (κ3) is 6.65. The van der Waals surface area contributed by atoms with Crippen molar-refractivity contribution in [3.63, 3.8) is 0 Å². The predicted octanol–water partition coefficient (Wildman–Crippen LogP) is 4.24. The Kier molecular flexibility index (Phi) is 8.67. The first kappa shape index (κ1) is 23.5. The van der Waals surface area contributed by atoms with E-state index in [0.717, 1.165) is 35.4 Å². The van der Waals surface area contributed by atoms with Gasteiger partial charge in [0.1, 0.15) is 11.9 Å². The molecule has 1 aliphatic rings. The number of carbonyl (C=O) groups is 2. The van der Waals surface area contributed by atoms with Crippen LogP contribution in [0, 0.1) is 0 Å². The summed E-state index contributed by atoms with van der Waals surface area (Å²) in [6.45, 7) is 2.69. The number of hydrogen-bond acceptors (Lipinski definition) is 3. The Morgan fingerprint density at radius 3 is 2.58 bits per heavy atom. The molecule has 0 aliphatic carbocycles.